The van der Waals surface area contributed by atoms with E-state index in [9.17, 15) is 19.5 Å². The molecular formula is C31H48N2O5. The summed E-state index contributed by atoms with van der Waals surface area (Å²) in [4.78, 5) is 42.5. The predicted octanol–water partition coefficient (Wildman–Crippen LogP) is 4.56. The summed E-state index contributed by atoms with van der Waals surface area (Å²) in [6.07, 6.45) is 7.52. The molecule has 0 aromatic heterocycles. The fourth-order valence-electron chi connectivity index (χ4n) is 10.7. The van der Waals surface area contributed by atoms with Gasteiger partial charge in [0.15, 0.2) is 0 Å². The van der Waals surface area contributed by atoms with E-state index in [2.05, 4.69) is 37.9 Å². The molecule has 4 bridgehead atoms. The van der Waals surface area contributed by atoms with E-state index in [1.165, 1.54) is 12.8 Å². The molecule has 2 N–H and O–H groups in total. The van der Waals surface area contributed by atoms with Crippen molar-refractivity contribution in [3.05, 3.63) is 0 Å². The smallest absolute Gasteiger partial charge is 0.414 e. The SMILES string of the molecule is C[C@@H]1CCC23CCC(=O)C2[C@]1(C)[C@H](OC(=O)NC(=O)[C@H]1CN2CC[C@@H]1C2)C[C@@](C)(C1CCCC1)[C@@H](O)[C@@H]3C. The van der Waals surface area contributed by atoms with Gasteiger partial charge in [-0.3, -0.25) is 14.9 Å². The maximum Gasteiger partial charge on any atom is 0.414 e. The van der Waals surface area contributed by atoms with E-state index < -0.39 is 29.1 Å². The number of amides is 2. The Bertz CT molecular complexity index is 995. The van der Waals surface area contributed by atoms with E-state index in [0.717, 1.165) is 51.6 Å². The molecule has 0 radical (unpaired) electrons. The molecule has 2 saturated heterocycles. The third kappa shape index (κ3) is 3.77. The number of rotatable bonds is 3. The van der Waals surface area contributed by atoms with Crippen LogP contribution in [-0.4, -0.2) is 59.6 Å². The molecule has 6 fully saturated rings. The highest BCUT2D eigenvalue weighted by Gasteiger charge is 2.69. The van der Waals surface area contributed by atoms with Gasteiger partial charge in [0.2, 0.25) is 5.91 Å². The molecule has 11 atom stereocenters. The predicted molar refractivity (Wildman–Crippen MR) is 143 cm³/mol. The molecule has 0 aromatic carbocycles. The fraction of sp³-hybridized carbons (Fsp3) is 0.903. The number of hydrogen-bond acceptors (Lipinski definition) is 6. The monoisotopic (exact) mass is 528 g/mol. The highest BCUT2D eigenvalue weighted by atomic mass is 16.6. The summed E-state index contributed by atoms with van der Waals surface area (Å²) in [5, 5.41) is 14.7. The van der Waals surface area contributed by atoms with Crippen molar-refractivity contribution in [1.29, 1.82) is 0 Å². The number of piperidine rings is 1. The lowest BCUT2D eigenvalue weighted by Gasteiger charge is -2.62. The summed E-state index contributed by atoms with van der Waals surface area (Å²) in [6, 6.07) is 0. The molecule has 4 aliphatic carbocycles. The minimum atomic E-state index is -0.676. The summed E-state index contributed by atoms with van der Waals surface area (Å²) in [7, 11) is 0. The van der Waals surface area contributed by atoms with E-state index in [1.807, 2.05) is 0 Å². The van der Waals surface area contributed by atoms with Crippen LogP contribution in [0.1, 0.15) is 91.9 Å². The molecule has 38 heavy (non-hydrogen) atoms. The first-order chi connectivity index (χ1) is 18.0. The number of nitrogens with zero attached hydrogens (tertiary/aromatic N) is 1. The van der Waals surface area contributed by atoms with Crippen LogP contribution >= 0.6 is 0 Å². The fourth-order valence-corrected chi connectivity index (χ4v) is 10.7. The lowest BCUT2D eigenvalue weighted by Crippen LogP contribution is -2.64. The molecule has 6 rings (SSSR count). The zero-order chi connectivity index (χ0) is 27.0. The molecule has 7 nitrogen and oxygen atoms in total. The standard InChI is InChI=1S/C31H48N2O5/c1-18-9-12-31-13-10-23(34)25(31)30(18,4)24(15-29(3,26(35)19(31)2)21-7-5-6-8-21)38-28(37)32-27(36)22-17-33-14-11-20(22)16-33/h18-22,24-26,35H,5-17H2,1-4H3,(H,32,36,37)/t18-,19+,20-,22+,24-,25?,26+,29+,30+,31?/m1/s1. The van der Waals surface area contributed by atoms with Gasteiger partial charge in [-0.25, -0.2) is 4.79 Å². The Labute approximate surface area is 227 Å². The summed E-state index contributed by atoms with van der Waals surface area (Å²) in [5.74, 6) is 0.543. The molecule has 4 saturated carbocycles. The summed E-state index contributed by atoms with van der Waals surface area (Å²) >= 11 is 0. The third-order valence-corrected chi connectivity index (χ3v) is 13.3. The van der Waals surface area contributed by atoms with Gasteiger partial charge in [0.05, 0.1) is 12.0 Å². The Morgan fingerprint density at radius 3 is 2.45 bits per heavy atom. The number of ketones is 1. The summed E-state index contributed by atoms with van der Waals surface area (Å²) in [5.41, 5.74) is -1.20. The number of carbonyl (C=O) groups excluding carboxylic acids is 3. The van der Waals surface area contributed by atoms with Crippen molar-refractivity contribution in [3.63, 3.8) is 0 Å². The molecule has 7 heteroatoms. The number of ether oxygens (including phenoxy) is 1. The normalized spacial score (nSPS) is 50.4. The number of hydrogen-bond donors (Lipinski definition) is 2. The molecule has 0 spiro atoms. The zero-order valence-electron chi connectivity index (χ0n) is 23.8. The molecule has 0 aromatic rings. The van der Waals surface area contributed by atoms with E-state index >= 15 is 0 Å². The number of fused-ring (bicyclic) bond motifs is 2. The number of aliphatic hydroxyl groups is 1. The average molecular weight is 529 g/mol. The second-order valence-electron chi connectivity index (χ2n) is 14.7. The molecule has 212 valence electrons. The van der Waals surface area contributed by atoms with E-state index in [0.29, 0.717) is 31.2 Å². The van der Waals surface area contributed by atoms with Crippen molar-refractivity contribution in [2.24, 2.45) is 51.8 Å². The van der Waals surface area contributed by atoms with E-state index in [-0.39, 0.29) is 40.8 Å². The van der Waals surface area contributed by atoms with Crippen LogP contribution in [0.25, 0.3) is 0 Å². The quantitative estimate of drug-likeness (QED) is 0.558. The number of aliphatic hydroxyl groups excluding tert-OH is 1. The van der Waals surface area contributed by atoms with Crippen LogP contribution < -0.4 is 5.32 Å². The number of carbonyl (C=O) groups is 3. The van der Waals surface area contributed by atoms with Gasteiger partial charge in [0.25, 0.3) is 0 Å². The molecule has 2 heterocycles. The van der Waals surface area contributed by atoms with Crippen LogP contribution in [0.3, 0.4) is 0 Å². The number of nitrogens with one attached hydrogen (secondary N) is 1. The zero-order valence-corrected chi connectivity index (χ0v) is 23.8. The van der Waals surface area contributed by atoms with Gasteiger partial charge in [0.1, 0.15) is 11.9 Å². The van der Waals surface area contributed by atoms with Crippen LogP contribution in [0.15, 0.2) is 0 Å². The lowest BCUT2D eigenvalue weighted by atomic mass is 9.43. The highest BCUT2D eigenvalue weighted by Crippen LogP contribution is 2.69. The van der Waals surface area contributed by atoms with Crippen molar-refractivity contribution < 1.29 is 24.2 Å². The Morgan fingerprint density at radius 1 is 1.05 bits per heavy atom. The number of Topliss-reactive ketones (excluding diaryl/α,β-unsaturated/α-hetero) is 1. The highest BCUT2D eigenvalue weighted by molar-refractivity contribution is 5.93. The lowest BCUT2D eigenvalue weighted by molar-refractivity contribution is -0.206. The van der Waals surface area contributed by atoms with Crippen molar-refractivity contribution in [2.45, 2.75) is 104 Å². The maximum atomic E-state index is 13.7. The van der Waals surface area contributed by atoms with Crippen molar-refractivity contribution >= 4 is 17.8 Å². The molecule has 2 amide bonds. The van der Waals surface area contributed by atoms with Gasteiger partial charge < -0.3 is 14.7 Å². The Morgan fingerprint density at radius 2 is 1.79 bits per heavy atom. The Kier molecular flexibility index (Phi) is 6.54. The Hall–Kier alpha value is -1.47. The average Bonchev–Trinajstić information content (AvgIpc) is 3.69. The molecular weight excluding hydrogens is 480 g/mol. The van der Waals surface area contributed by atoms with Crippen LogP contribution in [0.5, 0.6) is 0 Å². The molecule has 3 unspecified atom stereocenters. The minimum Gasteiger partial charge on any atom is -0.445 e. The largest absolute Gasteiger partial charge is 0.445 e. The van der Waals surface area contributed by atoms with Gasteiger partial charge in [-0.2, -0.15) is 0 Å². The second-order valence-corrected chi connectivity index (χ2v) is 14.7. The van der Waals surface area contributed by atoms with Crippen LogP contribution in [-0.2, 0) is 14.3 Å². The molecule has 6 aliphatic rings. The van der Waals surface area contributed by atoms with E-state index in [4.69, 9.17) is 4.74 Å². The minimum absolute atomic E-state index is 0.0144. The van der Waals surface area contributed by atoms with Crippen molar-refractivity contribution in [3.8, 4) is 0 Å². The topological polar surface area (TPSA) is 95.9 Å². The summed E-state index contributed by atoms with van der Waals surface area (Å²) in [6.45, 7) is 11.5. The van der Waals surface area contributed by atoms with Gasteiger partial charge in [-0.1, -0.05) is 40.5 Å². The van der Waals surface area contributed by atoms with Gasteiger partial charge in [-0.05, 0) is 80.6 Å². The second kappa shape index (κ2) is 9.29. The molecule has 2 aliphatic heterocycles. The Balaban J connectivity index is 1.34. The third-order valence-electron chi connectivity index (χ3n) is 13.3. The van der Waals surface area contributed by atoms with Gasteiger partial charge in [0, 0.05) is 36.3 Å². The summed E-state index contributed by atoms with van der Waals surface area (Å²) < 4.78 is 6.34. The maximum absolute atomic E-state index is 13.7. The van der Waals surface area contributed by atoms with E-state index in [1.54, 1.807) is 0 Å². The van der Waals surface area contributed by atoms with Crippen LogP contribution in [0.2, 0.25) is 0 Å². The number of alkyl carbamates (subject to hydrolysis) is 1. The van der Waals surface area contributed by atoms with Gasteiger partial charge in [-0.15, -0.1) is 0 Å². The van der Waals surface area contributed by atoms with Crippen LogP contribution in [0, 0.1) is 51.8 Å². The van der Waals surface area contributed by atoms with Crippen LogP contribution in [0.4, 0.5) is 4.79 Å². The van der Waals surface area contributed by atoms with Gasteiger partial charge >= 0.3 is 6.09 Å². The van der Waals surface area contributed by atoms with Crippen molar-refractivity contribution in [2.75, 3.05) is 19.6 Å². The number of imide groups is 1. The first-order valence-electron chi connectivity index (χ1n) is 15.5. The first-order valence-corrected chi connectivity index (χ1v) is 15.5. The first kappa shape index (κ1) is 26.7. The van der Waals surface area contributed by atoms with Crippen molar-refractivity contribution in [1.82, 2.24) is 10.2 Å².